The van der Waals surface area contributed by atoms with Gasteiger partial charge >= 0.3 is 5.97 Å². The molecular weight excluding hydrogens is 254 g/mol. The molecule has 0 fully saturated rings. The number of hydrogen-bond donors (Lipinski definition) is 2. The van der Waals surface area contributed by atoms with Crippen molar-refractivity contribution in [2.24, 2.45) is 0 Å². The van der Waals surface area contributed by atoms with E-state index in [1.807, 2.05) is 13.8 Å². The summed E-state index contributed by atoms with van der Waals surface area (Å²) in [5, 5.41) is 12.7. The molecule has 0 amide bonds. The van der Waals surface area contributed by atoms with Gasteiger partial charge in [0, 0.05) is 16.6 Å². The van der Waals surface area contributed by atoms with Crippen molar-refractivity contribution in [1.29, 1.82) is 0 Å². The van der Waals surface area contributed by atoms with Gasteiger partial charge in [0.2, 0.25) is 0 Å². The van der Waals surface area contributed by atoms with Crippen molar-refractivity contribution in [3.8, 4) is 5.75 Å². The summed E-state index contributed by atoms with van der Waals surface area (Å²) in [6.07, 6.45) is -0.890. The molecule has 0 saturated heterocycles. The van der Waals surface area contributed by atoms with E-state index in [0.29, 0.717) is 10.8 Å². The normalized spacial score (nSPS) is 14.0. The second-order valence-electron chi connectivity index (χ2n) is 4.06. The molecule has 18 heavy (non-hydrogen) atoms. The zero-order valence-corrected chi connectivity index (χ0v) is 11.5. The molecule has 0 aliphatic rings. The van der Waals surface area contributed by atoms with E-state index in [9.17, 15) is 4.79 Å². The van der Waals surface area contributed by atoms with Gasteiger partial charge in [-0.15, -0.1) is 0 Å². The first-order chi connectivity index (χ1) is 8.45. The number of rotatable bonds is 6. The van der Waals surface area contributed by atoms with E-state index in [2.05, 4.69) is 5.32 Å². The van der Waals surface area contributed by atoms with Crippen LogP contribution in [0.15, 0.2) is 18.2 Å². The van der Waals surface area contributed by atoms with Gasteiger partial charge in [0.05, 0.1) is 0 Å². The van der Waals surface area contributed by atoms with Crippen LogP contribution < -0.4 is 10.1 Å². The molecule has 4 nitrogen and oxygen atoms in total. The lowest BCUT2D eigenvalue weighted by Crippen LogP contribution is -2.25. The fourth-order valence-electron chi connectivity index (χ4n) is 1.62. The van der Waals surface area contributed by atoms with Crippen LogP contribution in [0.25, 0.3) is 0 Å². The smallest absolute Gasteiger partial charge is 0.344 e. The molecule has 2 atom stereocenters. The number of halogens is 1. The molecule has 0 spiro atoms. The Balaban J connectivity index is 2.99. The Morgan fingerprint density at radius 3 is 2.72 bits per heavy atom. The van der Waals surface area contributed by atoms with Crippen LogP contribution in [0.3, 0.4) is 0 Å². The van der Waals surface area contributed by atoms with Gasteiger partial charge in [-0.05, 0) is 38.6 Å². The number of aliphatic carboxylic acids is 1. The highest BCUT2D eigenvalue weighted by atomic mass is 35.5. The van der Waals surface area contributed by atoms with Gasteiger partial charge in [-0.2, -0.15) is 0 Å². The van der Waals surface area contributed by atoms with Crippen LogP contribution in [-0.2, 0) is 4.79 Å². The van der Waals surface area contributed by atoms with Crippen LogP contribution in [0.1, 0.15) is 32.4 Å². The van der Waals surface area contributed by atoms with Crippen LogP contribution in [0.2, 0.25) is 5.02 Å². The molecule has 1 rings (SSSR count). The lowest BCUT2D eigenvalue weighted by Gasteiger charge is -2.19. The maximum absolute atomic E-state index is 10.8. The van der Waals surface area contributed by atoms with E-state index < -0.39 is 12.1 Å². The molecule has 2 N–H and O–H groups in total. The van der Waals surface area contributed by atoms with E-state index >= 15 is 0 Å². The summed E-state index contributed by atoms with van der Waals surface area (Å²) >= 11 is 5.96. The van der Waals surface area contributed by atoms with Crippen LogP contribution in [-0.4, -0.2) is 23.7 Å². The highest BCUT2D eigenvalue weighted by Gasteiger charge is 2.17. The molecular formula is C13H18ClNO3. The van der Waals surface area contributed by atoms with Gasteiger partial charge in [0.1, 0.15) is 5.75 Å². The zero-order valence-electron chi connectivity index (χ0n) is 10.7. The topological polar surface area (TPSA) is 58.6 Å². The minimum atomic E-state index is -0.994. The maximum Gasteiger partial charge on any atom is 0.344 e. The fraction of sp³-hybridized carbons (Fsp3) is 0.462. The van der Waals surface area contributed by atoms with Gasteiger partial charge in [-0.3, -0.25) is 0 Å². The Hall–Kier alpha value is -1.26. The van der Waals surface area contributed by atoms with Crippen molar-refractivity contribution in [3.05, 3.63) is 28.8 Å². The highest BCUT2D eigenvalue weighted by Crippen LogP contribution is 2.29. The molecule has 1 aromatic rings. The number of ether oxygens (including phenoxy) is 1. The molecule has 5 heteroatoms. The highest BCUT2D eigenvalue weighted by molar-refractivity contribution is 6.30. The summed E-state index contributed by atoms with van der Waals surface area (Å²) in [7, 11) is 0. The zero-order chi connectivity index (χ0) is 13.7. The number of carbonyl (C=O) groups is 1. The number of nitrogens with one attached hydrogen (secondary N) is 1. The molecule has 100 valence electrons. The third kappa shape index (κ3) is 3.89. The minimum Gasteiger partial charge on any atom is -0.479 e. The monoisotopic (exact) mass is 271 g/mol. The Morgan fingerprint density at radius 1 is 1.50 bits per heavy atom. The molecule has 0 bridgehead atoms. The van der Waals surface area contributed by atoms with Gasteiger partial charge in [-0.1, -0.05) is 18.5 Å². The first-order valence-electron chi connectivity index (χ1n) is 5.88. The number of carboxylic acid groups (broad SMARTS) is 1. The van der Waals surface area contributed by atoms with Crippen LogP contribution in [0.4, 0.5) is 0 Å². The lowest BCUT2D eigenvalue weighted by atomic mass is 10.1. The van der Waals surface area contributed by atoms with Crippen molar-refractivity contribution < 1.29 is 14.6 Å². The molecule has 0 aliphatic heterocycles. The molecule has 0 aliphatic carbocycles. The summed E-state index contributed by atoms with van der Waals surface area (Å²) < 4.78 is 5.43. The molecule has 0 aromatic heterocycles. The second-order valence-corrected chi connectivity index (χ2v) is 4.50. The first kappa shape index (κ1) is 14.8. The summed E-state index contributed by atoms with van der Waals surface area (Å²) in [4.78, 5) is 10.8. The third-order valence-corrected chi connectivity index (χ3v) is 2.84. The van der Waals surface area contributed by atoms with E-state index in [4.69, 9.17) is 21.4 Å². The Morgan fingerprint density at radius 2 is 2.17 bits per heavy atom. The van der Waals surface area contributed by atoms with Crippen LogP contribution >= 0.6 is 11.6 Å². The van der Waals surface area contributed by atoms with Crippen molar-refractivity contribution in [1.82, 2.24) is 5.32 Å². The SMILES string of the molecule is CCNC(C)c1cc(Cl)ccc1OC(C)C(=O)O. The van der Waals surface area contributed by atoms with E-state index in [1.165, 1.54) is 6.92 Å². The third-order valence-electron chi connectivity index (χ3n) is 2.60. The number of hydrogen-bond acceptors (Lipinski definition) is 3. The van der Waals surface area contributed by atoms with Crippen molar-refractivity contribution >= 4 is 17.6 Å². The number of carboxylic acids is 1. The molecule has 0 saturated carbocycles. The largest absolute Gasteiger partial charge is 0.479 e. The molecule has 0 heterocycles. The summed E-state index contributed by atoms with van der Waals surface area (Å²) in [5.74, 6) is -0.449. The number of benzene rings is 1. The Kier molecular flexibility index (Phi) is 5.44. The average Bonchev–Trinajstić information content (AvgIpc) is 2.31. The van der Waals surface area contributed by atoms with Crippen LogP contribution in [0.5, 0.6) is 5.75 Å². The fourth-order valence-corrected chi connectivity index (χ4v) is 1.80. The van der Waals surface area contributed by atoms with Crippen molar-refractivity contribution in [2.45, 2.75) is 32.9 Å². The summed E-state index contributed by atoms with van der Waals surface area (Å²) in [6, 6.07) is 5.22. The standard InChI is InChI=1S/C13H18ClNO3/c1-4-15-8(2)11-7-10(14)5-6-12(11)18-9(3)13(16)17/h5-9,15H,4H2,1-3H3,(H,16,17). The maximum atomic E-state index is 10.8. The van der Waals surface area contributed by atoms with Gasteiger partial charge in [-0.25, -0.2) is 4.79 Å². The average molecular weight is 272 g/mol. The van der Waals surface area contributed by atoms with Crippen molar-refractivity contribution in [2.75, 3.05) is 6.54 Å². The molecule has 1 aromatic carbocycles. The predicted octanol–water partition coefficient (Wildman–Crippen LogP) is 2.86. The van der Waals surface area contributed by atoms with Gasteiger partial charge in [0.25, 0.3) is 0 Å². The van der Waals surface area contributed by atoms with Gasteiger partial charge < -0.3 is 15.2 Å². The van der Waals surface area contributed by atoms with Gasteiger partial charge in [0.15, 0.2) is 6.10 Å². The Bertz CT molecular complexity index is 423. The molecule has 2 unspecified atom stereocenters. The first-order valence-corrected chi connectivity index (χ1v) is 6.25. The summed E-state index contributed by atoms with van der Waals surface area (Å²) in [6.45, 7) is 6.29. The van der Waals surface area contributed by atoms with Crippen LogP contribution in [0, 0.1) is 0 Å². The minimum absolute atomic E-state index is 0.0460. The van der Waals surface area contributed by atoms with E-state index in [0.717, 1.165) is 12.1 Å². The van der Waals surface area contributed by atoms with E-state index in [-0.39, 0.29) is 6.04 Å². The van der Waals surface area contributed by atoms with Crippen molar-refractivity contribution in [3.63, 3.8) is 0 Å². The quantitative estimate of drug-likeness (QED) is 0.835. The Labute approximate surface area is 112 Å². The molecule has 0 radical (unpaired) electrons. The van der Waals surface area contributed by atoms with E-state index in [1.54, 1.807) is 18.2 Å². The summed E-state index contributed by atoms with van der Waals surface area (Å²) in [5.41, 5.74) is 0.859. The predicted molar refractivity (Wildman–Crippen MR) is 71.3 cm³/mol. The lowest BCUT2D eigenvalue weighted by molar-refractivity contribution is -0.144. The second kappa shape index (κ2) is 6.61.